The van der Waals surface area contributed by atoms with Crippen molar-refractivity contribution in [2.24, 2.45) is 23.7 Å². The van der Waals surface area contributed by atoms with E-state index in [0.717, 1.165) is 40.7 Å². The first kappa shape index (κ1) is 34.6. The van der Waals surface area contributed by atoms with Gasteiger partial charge in [0.25, 0.3) is 0 Å². The molecule has 0 N–H and O–H groups in total. The van der Waals surface area contributed by atoms with Gasteiger partial charge in [-0.1, -0.05) is 140 Å². The van der Waals surface area contributed by atoms with E-state index in [9.17, 15) is 0 Å². The van der Waals surface area contributed by atoms with Crippen LogP contribution in [-0.4, -0.2) is 0 Å². The van der Waals surface area contributed by atoms with Gasteiger partial charge < -0.3 is 4.90 Å². The molecular weight excluding hydrogens is 743 g/mol. The molecule has 0 atom stereocenters. The number of fused-ring (bicyclic) bond motifs is 6. The highest BCUT2D eigenvalue weighted by Gasteiger charge is 2.61. The van der Waals surface area contributed by atoms with Crippen molar-refractivity contribution < 1.29 is 0 Å². The van der Waals surface area contributed by atoms with Gasteiger partial charge in [-0.15, -0.1) is 11.3 Å². The molecule has 14 rings (SSSR count). The fraction of sp³-hybridized carbons (Fsp3) is 0.172. The lowest BCUT2D eigenvalue weighted by molar-refractivity contribution is -0.0399. The highest BCUT2D eigenvalue weighted by Crippen LogP contribution is 2.69. The van der Waals surface area contributed by atoms with E-state index >= 15 is 0 Å². The Morgan fingerprint density at radius 1 is 0.367 bits per heavy atom. The van der Waals surface area contributed by atoms with Gasteiger partial charge in [-0.2, -0.15) is 0 Å². The highest BCUT2D eigenvalue weighted by atomic mass is 32.1. The Hall–Kier alpha value is -6.22. The first-order chi connectivity index (χ1) is 29.7. The van der Waals surface area contributed by atoms with Gasteiger partial charge in [0.2, 0.25) is 0 Å². The summed E-state index contributed by atoms with van der Waals surface area (Å²) in [5, 5.41) is 2.64. The quantitative estimate of drug-likeness (QED) is 0.162. The first-order valence-corrected chi connectivity index (χ1v) is 22.8. The first-order valence-electron chi connectivity index (χ1n) is 22.0. The molecule has 0 unspecified atom stereocenters. The summed E-state index contributed by atoms with van der Waals surface area (Å²) in [5.41, 5.74) is 17.4. The van der Waals surface area contributed by atoms with Crippen LogP contribution in [0.25, 0.3) is 64.7 Å². The van der Waals surface area contributed by atoms with Crippen LogP contribution in [0.5, 0.6) is 0 Å². The van der Waals surface area contributed by atoms with Crippen molar-refractivity contribution in [1.29, 1.82) is 0 Å². The number of rotatable bonds is 6. The summed E-state index contributed by atoms with van der Waals surface area (Å²) < 4.78 is 2.63. The largest absolute Gasteiger partial charge is 0.310 e. The van der Waals surface area contributed by atoms with Crippen molar-refractivity contribution in [3.05, 3.63) is 199 Å². The van der Waals surface area contributed by atoms with Crippen LogP contribution in [0.15, 0.2) is 188 Å². The molecule has 4 bridgehead atoms. The molecule has 60 heavy (non-hydrogen) atoms. The third-order valence-corrected chi connectivity index (χ3v) is 16.2. The number of thiophene rings is 1. The number of anilines is 3. The molecule has 0 amide bonds. The highest BCUT2D eigenvalue weighted by molar-refractivity contribution is 7.25. The Balaban J connectivity index is 0.826. The zero-order valence-electron chi connectivity index (χ0n) is 33.6. The van der Waals surface area contributed by atoms with Gasteiger partial charge in [0.05, 0.1) is 0 Å². The van der Waals surface area contributed by atoms with Crippen LogP contribution in [0.1, 0.15) is 43.2 Å². The fourth-order valence-corrected chi connectivity index (χ4v) is 13.9. The van der Waals surface area contributed by atoms with Crippen LogP contribution >= 0.6 is 11.3 Å². The minimum Gasteiger partial charge on any atom is -0.310 e. The minimum atomic E-state index is 0.223. The zero-order chi connectivity index (χ0) is 39.4. The van der Waals surface area contributed by atoms with Crippen LogP contribution in [0.4, 0.5) is 17.1 Å². The molecule has 1 nitrogen and oxygen atoms in total. The summed E-state index contributed by atoms with van der Waals surface area (Å²) in [6, 6.07) is 70.6. The average molecular weight is 788 g/mol. The predicted molar refractivity (Wildman–Crippen MR) is 254 cm³/mol. The lowest BCUT2D eigenvalue weighted by atomic mass is 9.43. The maximum Gasteiger partial charge on any atom is 0.0476 e. The van der Waals surface area contributed by atoms with Crippen LogP contribution in [-0.2, 0) is 5.41 Å². The molecule has 2 heteroatoms. The summed E-state index contributed by atoms with van der Waals surface area (Å²) in [5.74, 6) is 3.51. The molecule has 1 heterocycles. The van der Waals surface area contributed by atoms with Crippen LogP contribution < -0.4 is 4.90 Å². The summed E-state index contributed by atoms with van der Waals surface area (Å²) in [7, 11) is 0. The Morgan fingerprint density at radius 2 is 0.867 bits per heavy atom. The Labute approximate surface area is 356 Å². The topological polar surface area (TPSA) is 3.24 Å². The SMILES string of the molecule is c1ccc(-c2ccc(N(c3ccc(-c4ccc(-c5ccc6c(c5)-c5ccccc5C65C6CC7CC(C6)CC5C7)cc4)cc3)c3ccc4c(c3)sc3ccccc34)cc2)cc1. The Morgan fingerprint density at radius 3 is 1.55 bits per heavy atom. The molecule has 1 aromatic heterocycles. The van der Waals surface area contributed by atoms with Crippen molar-refractivity contribution >= 4 is 48.6 Å². The van der Waals surface area contributed by atoms with Gasteiger partial charge in [0.15, 0.2) is 0 Å². The van der Waals surface area contributed by atoms with Crippen LogP contribution in [0.3, 0.4) is 0 Å². The summed E-state index contributed by atoms with van der Waals surface area (Å²) in [6.07, 6.45) is 7.19. The third kappa shape index (κ3) is 5.23. The van der Waals surface area contributed by atoms with Gasteiger partial charge in [0, 0.05) is 42.6 Å². The van der Waals surface area contributed by atoms with E-state index in [1.54, 1.807) is 11.1 Å². The smallest absolute Gasteiger partial charge is 0.0476 e. The van der Waals surface area contributed by atoms with E-state index < -0.39 is 0 Å². The van der Waals surface area contributed by atoms with Crippen LogP contribution in [0.2, 0.25) is 0 Å². The zero-order valence-corrected chi connectivity index (χ0v) is 34.4. The average Bonchev–Trinajstić information content (AvgIpc) is 3.82. The van der Waals surface area contributed by atoms with E-state index in [1.165, 1.54) is 96.8 Å². The standard InChI is InChI=1S/C58H45NS/c1-2-8-39(9-3-1)41-18-23-47(24-19-41)59(49-27-28-52-51-11-5-7-13-56(51)60-57(52)36-49)48-25-20-42(21-26-48)40-14-16-43(17-15-40)44-22-29-55-53(35-44)50-10-4-6-12-54(50)58(55)45-31-37-30-38(33-45)34-46(58)32-37/h1-29,35-38,45-46H,30-34H2. The molecule has 0 radical (unpaired) electrons. The summed E-state index contributed by atoms with van der Waals surface area (Å²) in [4.78, 5) is 2.39. The van der Waals surface area contributed by atoms with Gasteiger partial charge >= 0.3 is 0 Å². The molecule has 4 saturated carbocycles. The van der Waals surface area contributed by atoms with Crippen molar-refractivity contribution in [3.8, 4) is 44.5 Å². The molecule has 4 fully saturated rings. The van der Waals surface area contributed by atoms with Gasteiger partial charge in [-0.3, -0.25) is 0 Å². The second-order valence-electron chi connectivity index (χ2n) is 18.1. The van der Waals surface area contributed by atoms with Crippen molar-refractivity contribution in [2.45, 2.75) is 37.5 Å². The van der Waals surface area contributed by atoms with Gasteiger partial charge in [-0.05, 0) is 160 Å². The maximum absolute atomic E-state index is 2.54. The molecule has 5 aliphatic carbocycles. The molecule has 0 saturated heterocycles. The van der Waals surface area contributed by atoms with E-state index in [-0.39, 0.29) is 5.41 Å². The van der Waals surface area contributed by atoms with E-state index in [1.807, 2.05) is 11.3 Å². The molecule has 5 aliphatic rings. The Bertz CT molecular complexity index is 3050. The number of hydrogen-bond acceptors (Lipinski definition) is 2. The second-order valence-corrected chi connectivity index (χ2v) is 19.2. The number of hydrogen-bond donors (Lipinski definition) is 0. The Kier molecular flexibility index (Phi) is 7.73. The van der Waals surface area contributed by atoms with Crippen molar-refractivity contribution in [2.75, 3.05) is 4.90 Å². The van der Waals surface area contributed by atoms with Crippen molar-refractivity contribution in [1.82, 2.24) is 0 Å². The van der Waals surface area contributed by atoms with E-state index in [0.29, 0.717) is 0 Å². The third-order valence-electron chi connectivity index (χ3n) is 15.1. The van der Waals surface area contributed by atoms with E-state index in [2.05, 4.69) is 193 Å². The molecule has 9 aromatic rings. The molecule has 1 spiro atoms. The predicted octanol–water partition coefficient (Wildman–Crippen LogP) is 16.2. The number of benzene rings is 8. The van der Waals surface area contributed by atoms with Crippen molar-refractivity contribution in [3.63, 3.8) is 0 Å². The lowest BCUT2D eigenvalue weighted by Gasteiger charge is -2.61. The fourth-order valence-electron chi connectivity index (χ4n) is 12.7. The van der Waals surface area contributed by atoms with Gasteiger partial charge in [0.1, 0.15) is 0 Å². The molecule has 0 aliphatic heterocycles. The van der Waals surface area contributed by atoms with Gasteiger partial charge in [-0.25, -0.2) is 0 Å². The van der Waals surface area contributed by atoms with E-state index in [4.69, 9.17) is 0 Å². The van der Waals surface area contributed by atoms with Crippen LogP contribution in [0, 0.1) is 23.7 Å². The normalized spacial score (nSPS) is 22.1. The lowest BCUT2D eigenvalue weighted by Crippen LogP contribution is -2.55. The number of nitrogens with zero attached hydrogens (tertiary/aromatic N) is 1. The second kappa shape index (κ2) is 13.4. The molecular formula is C58H45NS. The summed E-state index contributed by atoms with van der Waals surface area (Å²) in [6.45, 7) is 0. The monoisotopic (exact) mass is 787 g/mol. The maximum atomic E-state index is 2.54. The summed E-state index contributed by atoms with van der Waals surface area (Å²) >= 11 is 1.87. The minimum absolute atomic E-state index is 0.223. The molecule has 288 valence electrons. The molecule has 8 aromatic carbocycles.